The zero-order valence-corrected chi connectivity index (χ0v) is 23.0. The molecule has 0 unspecified atom stereocenters. The number of aryl methyl sites for hydroxylation is 1. The number of nitrogens with one attached hydrogen (secondary N) is 1. The van der Waals surface area contributed by atoms with Crippen LogP contribution in [0.4, 0.5) is 5.69 Å². The van der Waals surface area contributed by atoms with E-state index in [0.29, 0.717) is 57.8 Å². The molecule has 202 valence electrons. The average Bonchev–Trinajstić information content (AvgIpc) is 3.48. The van der Waals surface area contributed by atoms with E-state index in [2.05, 4.69) is 15.5 Å². The lowest BCUT2D eigenvalue weighted by Gasteiger charge is -2.15. The summed E-state index contributed by atoms with van der Waals surface area (Å²) in [7, 11) is 0. The molecule has 3 amide bonds. The number of amides is 3. The van der Waals surface area contributed by atoms with E-state index in [-0.39, 0.29) is 17.4 Å². The Morgan fingerprint density at radius 3 is 2.27 bits per heavy atom. The van der Waals surface area contributed by atoms with E-state index in [1.165, 1.54) is 18.7 Å². The summed E-state index contributed by atoms with van der Waals surface area (Å²) >= 11 is 7.32. The lowest BCUT2D eigenvalue weighted by molar-refractivity contribution is -0.118. The molecule has 0 radical (unpaired) electrons. The molecule has 1 aliphatic rings. The third kappa shape index (κ3) is 5.68. The molecule has 2 heterocycles. The number of thioether (sulfide) groups is 1. The number of carbonyl (C=O) groups excluding carboxylic acids is 4. The van der Waals surface area contributed by atoms with Gasteiger partial charge in [0, 0.05) is 36.2 Å². The van der Waals surface area contributed by atoms with Crippen LogP contribution in [-0.2, 0) is 11.2 Å². The summed E-state index contributed by atoms with van der Waals surface area (Å²) < 4.78 is 1.87. The van der Waals surface area contributed by atoms with Gasteiger partial charge in [0.25, 0.3) is 11.8 Å². The van der Waals surface area contributed by atoms with Crippen molar-refractivity contribution >= 4 is 52.6 Å². The largest absolute Gasteiger partial charge is 0.356 e. The maximum absolute atomic E-state index is 13.2. The van der Waals surface area contributed by atoms with Crippen LogP contribution in [0.5, 0.6) is 0 Å². The smallest absolute Gasteiger partial charge is 0.266 e. The van der Waals surface area contributed by atoms with E-state index < -0.39 is 11.8 Å². The molecule has 3 aromatic carbocycles. The fraction of sp³-hybridized carbons (Fsp3) is 0.172. The molecule has 0 saturated heterocycles. The van der Waals surface area contributed by atoms with E-state index >= 15 is 0 Å². The number of hydrogen-bond acceptors (Lipinski definition) is 7. The fourth-order valence-electron chi connectivity index (χ4n) is 4.37. The molecular formula is C29H24ClN5O4S. The van der Waals surface area contributed by atoms with Gasteiger partial charge in [0.15, 0.2) is 10.9 Å². The number of ketones is 1. The Morgan fingerprint density at radius 2 is 1.60 bits per heavy atom. The van der Waals surface area contributed by atoms with Crippen molar-refractivity contribution in [1.29, 1.82) is 0 Å². The molecule has 11 heteroatoms. The number of nitrogens with zero attached hydrogens (tertiary/aromatic N) is 4. The normalized spacial score (nSPS) is 12.5. The van der Waals surface area contributed by atoms with Crippen LogP contribution in [0.2, 0.25) is 5.02 Å². The van der Waals surface area contributed by atoms with E-state index in [1.807, 2.05) is 16.7 Å². The van der Waals surface area contributed by atoms with E-state index in [0.717, 1.165) is 10.6 Å². The van der Waals surface area contributed by atoms with Crippen molar-refractivity contribution in [2.45, 2.75) is 24.9 Å². The quantitative estimate of drug-likeness (QED) is 0.126. The predicted octanol–water partition coefficient (Wildman–Crippen LogP) is 4.77. The highest BCUT2D eigenvalue weighted by atomic mass is 35.5. The molecule has 4 aromatic rings. The van der Waals surface area contributed by atoms with Crippen molar-refractivity contribution in [3.63, 3.8) is 0 Å². The highest BCUT2D eigenvalue weighted by molar-refractivity contribution is 7.99. The first kappa shape index (κ1) is 27.3. The van der Waals surface area contributed by atoms with Crippen LogP contribution in [-0.4, -0.2) is 50.6 Å². The zero-order valence-electron chi connectivity index (χ0n) is 21.5. The molecule has 40 heavy (non-hydrogen) atoms. The van der Waals surface area contributed by atoms with Crippen LogP contribution in [0.1, 0.15) is 50.2 Å². The summed E-state index contributed by atoms with van der Waals surface area (Å²) in [6, 6.07) is 20.4. The first-order valence-electron chi connectivity index (χ1n) is 12.5. The van der Waals surface area contributed by atoms with Gasteiger partial charge in [-0.3, -0.25) is 23.7 Å². The molecule has 1 aromatic heterocycles. The predicted molar refractivity (Wildman–Crippen MR) is 152 cm³/mol. The van der Waals surface area contributed by atoms with Gasteiger partial charge in [0.1, 0.15) is 5.82 Å². The minimum Gasteiger partial charge on any atom is -0.356 e. The standard InChI is InChI=1S/C29H24ClN5O4S/c1-18(36)31-15-5-10-26-32-33-29(34(26)21-13-11-20(30)12-14-21)40-17-25(37)19-6-4-7-22(16-19)35-27(38)23-8-2-3-9-24(23)28(35)39/h2-4,6-9,11-14,16H,5,10,15,17H2,1H3,(H,31,36). The number of benzene rings is 3. The van der Waals surface area contributed by atoms with E-state index in [1.54, 1.807) is 60.7 Å². The topological polar surface area (TPSA) is 114 Å². The highest BCUT2D eigenvalue weighted by Crippen LogP contribution is 2.30. The minimum absolute atomic E-state index is 0.0587. The van der Waals surface area contributed by atoms with Crippen molar-refractivity contribution in [2.24, 2.45) is 0 Å². The molecule has 0 bridgehead atoms. The molecule has 1 aliphatic heterocycles. The molecule has 1 N–H and O–H groups in total. The molecule has 0 saturated carbocycles. The van der Waals surface area contributed by atoms with Gasteiger partial charge in [-0.05, 0) is 55.0 Å². The minimum atomic E-state index is -0.415. The van der Waals surface area contributed by atoms with Crippen molar-refractivity contribution in [1.82, 2.24) is 20.1 Å². The van der Waals surface area contributed by atoms with E-state index in [9.17, 15) is 19.2 Å². The third-order valence-corrected chi connectivity index (χ3v) is 7.47. The molecule has 0 spiro atoms. The Morgan fingerprint density at radius 1 is 0.900 bits per heavy atom. The van der Waals surface area contributed by atoms with Gasteiger partial charge in [-0.15, -0.1) is 10.2 Å². The average molecular weight is 574 g/mol. The van der Waals surface area contributed by atoms with Gasteiger partial charge in [0.2, 0.25) is 5.91 Å². The number of imide groups is 1. The lowest BCUT2D eigenvalue weighted by Crippen LogP contribution is -2.29. The van der Waals surface area contributed by atoms with Gasteiger partial charge in [-0.2, -0.15) is 0 Å². The van der Waals surface area contributed by atoms with E-state index in [4.69, 9.17) is 11.6 Å². The van der Waals surface area contributed by atoms with Crippen molar-refractivity contribution in [3.8, 4) is 5.69 Å². The number of rotatable bonds is 10. The first-order chi connectivity index (χ1) is 19.3. The number of halogens is 1. The Balaban J connectivity index is 1.33. The Bertz CT molecular complexity index is 1580. The van der Waals surface area contributed by atoms with Crippen LogP contribution in [0.3, 0.4) is 0 Å². The van der Waals surface area contributed by atoms with Gasteiger partial charge in [-0.25, -0.2) is 4.90 Å². The van der Waals surface area contributed by atoms with Crippen LogP contribution in [0, 0.1) is 0 Å². The molecule has 0 aliphatic carbocycles. The third-order valence-electron chi connectivity index (χ3n) is 6.29. The Labute approximate surface area is 239 Å². The Kier molecular flexibility index (Phi) is 8.09. The zero-order chi connectivity index (χ0) is 28.2. The number of anilines is 1. The number of hydrogen-bond donors (Lipinski definition) is 1. The number of fused-ring (bicyclic) bond motifs is 1. The molecule has 0 fully saturated rings. The van der Waals surface area contributed by atoms with Crippen molar-refractivity contribution < 1.29 is 19.2 Å². The second kappa shape index (κ2) is 11.8. The number of aromatic nitrogens is 3. The van der Waals surface area contributed by atoms with Crippen LogP contribution in [0.15, 0.2) is 78.0 Å². The van der Waals surface area contributed by atoms with Crippen molar-refractivity contribution in [2.75, 3.05) is 17.2 Å². The summed E-state index contributed by atoms with van der Waals surface area (Å²) in [6.45, 7) is 1.98. The van der Waals surface area contributed by atoms with Crippen molar-refractivity contribution in [3.05, 3.63) is 100 Å². The first-order valence-corrected chi connectivity index (χ1v) is 13.9. The second-order valence-corrected chi connectivity index (χ2v) is 10.4. The molecular weight excluding hydrogens is 550 g/mol. The Hall–Kier alpha value is -4.28. The number of carbonyl (C=O) groups is 4. The van der Waals surface area contributed by atoms with Gasteiger partial charge in [0.05, 0.1) is 22.6 Å². The van der Waals surface area contributed by atoms with Gasteiger partial charge >= 0.3 is 0 Å². The molecule has 5 rings (SSSR count). The maximum atomic E-state index is 13.2. The molecule has 9 nitrogen and oxygen atoms in total. The fourth-order valence-corrected chi connectivity index (χ4v) is 5.36. The number of Topliss-reactive ketones (excluding diaryl/α,β-unsaturated/α-hetero) is 1. The second-order valence-electron chi connectivity index (χ2n) is 9.05. The maximum Gasteiger partial charge on any atom is 0.266 e. The summed E-state index contributed by atoms with van der Waals surface area (Å²) in [6.07, 6.45) is 1.23. The van der Waals surface area contributed by atoms with Crippen LogP contribution in [0.25, 0.3) is 5.69 Å². The highest BCUT2D eigenvalue weighted by Gasteiger charge is 2.36. The summed E-state index contributed by atoms with van der Waals surface area (Å²) in [5.74, 6) is -0.371. The van der Waals surface area contributed by atoms with Gasteiger partial charge in [-0.1, -0.05) is 47.6 Å². The molecule has 0 atom stereocenters. The van der Waals surface area contributed by atoms with Crippen LogP contribution >= 0.6 is 23.4 Å². The van der Waals surface area contributed by atoms with Gasteiger partial charge < -0.3 is 5.32 Å². The summed E-state index contributed by atoms with van der Waals surface area (Å²) in [5, 5.41) is 12.6. The lowest BCUT2D eigenvalue weighted by atomic mass is 10.1. The summed E-state index contributed by atoms with van der Waals surface area (Å²) in [4.78, 5) is 51.3. The van der Waals surface area contributed by atoms with Crippen LogP contribution < -0.4 is 10.2 Å². The summed E-state index contributed by atoms with van der Waals surface area (Å²) in [5.41, 5.74) is 2.19. The SMILES string of the molecule is CC(=O)NCCCc1nnc(SCC(=O)c2cccc(N3C(=O)c4ccccc4C3=O)c2)n1-c1ccc(Cl)cc1. The monoisotopic (exact) mass is 573 g/mol.